The zero-order valence-electron chi connectivity index (χ0n) is 14.0. The molecular weight excluding hydrogens is 342 g/mol. The van der Waals surface area contributed by atoms with Crippen LogP contribution in [-0.4, -0.2) is 7.05 Å². The molecule has 1 rings (SSSR count). The van der Waals surface area contributed by atoms with E-state index < -0.39 is 0 Å². The second-order valence-electron chi connectivity index (χ2n) is 6.06. The monoisotopic (exact) mass is 373 g/mol. The quantitative estimate of drug-likeness (QED) is 0.388. The average molecular weight is 374 g/mol. The van der Waals surface area contributed by atoms with Crippen LogP contribution in [0.5, 0.6) is 0 Å². The van der Waals surface area contributed by atoms with E-state index in [1.807, 2.05) is 11.3 Å². The van der Waals surface area contributed by atoms with Crippen molar-refractivity contribution in [2.24, 2.45) is 0 Å². The van der Waals surface area contributed by atoms with Crippen LogP contribution in [0.4, 0.5) is 0 Å². The lowest BCUT2D eigenvalue weighted by Gasteiger charge is -2.14. The van der Waals surface area contributed by atoms with Crippen LogP contribution in [0.3, 0.4) is 0 Å². The molecule has 1 unspecified atom stereocenters. The second kappa shape index (κ2) is 11.7. The van der Waals surface area contributed by atoms with Crippen LogP contribution >= 0.6 is 27.3 Å². The van der Waals surface area contributed by atoms with E-state index in [-0.39, 0.29) is 0 Å². The second-order valence-corrected chi connectivity index (χ2v) is 8.47. The number of hydrogen-bond donors (Lipinski definition) is 1. The van der Waals surface area contributed by atoms with Gasteiger partial charge in [-0.25, -0.2) is 0 Å². The minimum Gasteiger partial charge on any atom is -0.312 e. The van der Waals surface area contributed by atoms with Crippen LogP contribution in [0.1, 0.15) is 87.6 Å². The molecule has 0 aliphatic rings. The molecule has 0 saturated carbocycles. The van der Waals surface area contributed by atoms with Crippen molar-refractivity contribution in [2.75, 3.05) is 7.05 Å². The van der Waals surface area contributed by atoms with Crippen molar-refractivity contribution >= 4 is 27.3 Å². The first-order valence-electron chi connectivity index (χ1n) is 8.62. The van der Waals surface area contributed by atoms with Gasteiger partial charge in [0.1, 0.15) is 0 Å². The van der Waals surface area contributed by atoms with Crippen molar-refractivity contribution in [3.05, 3.63) is 20.3 Å². The fourth-order valence-electron chi connectivity index (χ4n) is 2.74. The highest BCUT2D eigenvalue weighted by Gasteiger charge is 2.12. The van der Waals surface area contributed by atoms with Crippen molar-refractivity contribution < 1.29 is 0 Å². The largest absolute Gasteiger partial charge is 0.312 e. The topological polar surface area (TPSA) is 12.0 Å². The van der Waals surface area contributed by atoms with Gasteiger partial charge in [-0.05, 0) is 48.0 Å². The Balaban J connectivity index is 2.10. The summed E-state index contributed by atoms with van der Waals surface area (Å²) in [5.74, 6) is 0. The molecule has 1 heterocycles. The van der Waals surface area contributed by atoms with Crippen LogP contribution in [0, 0.1) is 6.92 Å². The highest BCUT2D eigenvalue weighted by molar-refractivity contribution is 9.11. The van der Waals surface area contributed by atoms with Crippen molar-refractivity contribution in [3.8, 4) is 0 Å². The van der Waals surface area contributed by atoms with Crippen molar-refractivity contribution in [2.45, 2.75) is 84.1 Å². The van der Waals surface area contributed by atoms with E-state index in [0.717, 1.165) is 0 Å². The average Bonchev–Trinajstić information content (AvgIpc) is 2.80. The Labute approximate surface area is 144 Å². The van der Waals surface area contributed by atoms with Gasteiger partial charge in [-0.15, -0.1) is 11.3 Å². The van der Waals surface area contributed by atoms with Crippen LogP contribution in [0.15, 0.2) is 9.85 Å². The lowest BCUT2D eigenvalue weighted by Crippen LogP contribution is -2.14. The van der Waals surface area contributed by atoms with Crippen LogP contribution in [0.25, 0.3) is 0 Å². The standard InChI is InChI=1S/C18H32BrNS/c1-4-5-6-7-8-9-10-11-12-13-16(20-3)17-14-15(2)18(19)21-17/h14,16,20H,4-13H2,1-3H3. The number of hydrogen-bond acceptors (Lipinski definition) is 2. The third kappa shape index (κ3) is 7.80. The van der Waals surface area contributed by atoms with E-state index in [4.69, 9.17) is 0 Å². The molecule has 1 nitrogen and oxygen atoms in total. The van der Waals surface area contributed by atoms with Gasteiger partial charge in [-0.1, -0.05) is 64.7 Å². The van der Waals surface area contributed by atoms with Crippen molar-refractivity contribution in [1.29, 1.82) is 0 Å². The van der Waals surface area contributed by atoms with E-state index in [2.05, 4.69) is 48.2 Å². The maximum Gasteiger partial charge on any atom is 0.0731 e. The molecule has 0 aliphatic carbocycles. The third-order valence-corrected chi connectivity index (χ3v) is 6.41. The molecule has 0 spiro atoms. The fraction of sp³-hybridized carbons (Fsp3) is 0.778. The normalized spacial score (nSPS) is 12.8. The molecule has 1 N–H and O–H groups in total. The molecule has 0 fully saturated rings. The Morgan fingerprint density at radius 1 is 1.05 bits per heavy atom. The summed E-state index contributed by atoms with van der Waals surface area (Å²) in [6.07, 6.45) is 13.9. The summed E-state index contributed by atoms with van der Waals surface area (Å²) < 4.78 is 1.28. The van der Waals surface area contributed by atoms with Gasteiger partial charge in [0.25, 0.3) is 0 Å². The summed E-state index contributed by atoms with van der Waals surface area (Å²) in [7, 11) is 2.08. The molecule has 0 amide bonds. The predicted octanol–water partition coefficient (Wildman–Crippen LogP) is 7.00. The predicted molar refractivity (Wildman–Crippen MR) is 100 cm³/mol. The molecule has 0 bridgehead atoms. The lowest BCUT2D eigenvalue weighted by atomic mass is 10.0. The number of nitrogens with one attached hydrogen (secondary N) is 1. The van der Waals surface area contributed by atoms with Crippen molar-refractivity contribution in [1.82, 2.24) is 5.32 Å². The van der Waals surface area contributed by atoms with Gasteiger partial charge in [-0.3, -0.25) is 0 Å². The Hall–Kier alpha value is 0.140. The summed E-state index contributed by atoms with van der Waals surface area (Å²) in [6.45, 7) is 4.46. The zero-order chi connectivity index (χ0) is 15.5. The highest BCUT2D eigenvalue weighted by Crippen LogP contribution is 2.33. The van der Waals surface area contributed by atoms with Gasteiger partial charge >= 0.3 is 0 Å². The first kappa shape index (κ1) is 19.2. The van der Waals surface area contributed by atoms with Gasteiger partial charge in [0.15, 0.2) is 0 Å². The van der Waals surface area contributed by atoms with Gasteiger partial charge in [-0.2, -0.15) is 0 Å². The van der Waals surface area contributed by atoms with E-state index in [9.17, 15) is 0 Å². The van der Waals surface area contributed by atoms with Crippen molar-refractivity contribution in [3.63, 3.8) is 0 Å². The Morgan fingerprint density at radius 2 is 1.62 bits per heavy atom. The molecule has 1 atom stereocenters. The van der Waals surface area contributed by atoms with Crippen LogP contribution < -0.4 is 5.32 Å². The maximum atomic E-state index is 3.63. The minimum absolute atomic E-state index is 0.532. The minimum atomic E-state index is 0.532. The number of rotatable bonds is 12. The van der Waals surface area contributed by atoms with E-state index in [1.54, 1.807) is 0 Å². The van der Waals surface area contributed by atoms with Gasteiger partial charge in [0.2, 0.25) is 0 Å². The first-order valence-corrected chi connectivity index (χ1v) is 10.2. The fourth-order valence-corrected chi connectivity index (χ4v) is 4.46. The molecule has 0 aliphatic heterocycles. The van der Waals surface area contributed by atoms with E-state index >= 15 is 0 Å². The van der Waals surface area contributed by atoms with Gasteiger partial charge in [0, 0.05) is 10.9 Å². The lowest BCUT2D eigenvalue weighted by molar-refractivity contribution is 0.498. The summed E-state index contributed by atoms with van der Waals surface area (Å²) >= 11 is 5.51. The molecule has 0 saturated heterocycles. The van der Waals surface area contributed by atoms with Gasteiger partial charge < -0.3 is 5.32 Å². The number of thiophene rings is 1. The Kier molecular flexibility index (Phi) is 10.7. The molecule has 1 aromatic rings. The molecule has 3 heteroatoms. The maximum absolute atomic E-state index is 3.63. The molecule has 1 aromatic heterocycles. The van der Waals surface area contributed by atoms with Crippen LogP contribution in [0.2, 0.25) is 0 Å². The Bertz CT molecular complexity index is 356. The van der Waals surface area contributed by atoms with Gasteiger partial charge in [0.05, 0.1) is 3.79 Å². The number of halogens is 1. The summed E-state index contributed by atoms with van der Waals surface area (Å²) in [5, 5.41) is 3.47. The molecule has 21 heavy (non-hydrogen) atoms. The summed E-state index contributed by atoms with van der Waals surface area (Å²) in [4.78, 5) is 1.47. The zero-order valence-corrected chi connectivity index (χ0v) is 16.4. The summed E-state index contributed by atoms with van der Waals surface area (Å²) in [5.41, 5.74) is 1.36. The van der Waals surface area contributed by atoms with E-state index in [0.29, 0.717) is 6.04 Å². The first-order chi connectivity index (χ1) is 10.2. The third-order valence-electron chi connectivity index (χ3n) is 4.16. The number of aryl methyl sites for hydroxylation is 1. The number of unbranched alkanes of at least 4 members (excludes halogenated alkanes) is 8. The Morgan fingerprint density at radius 3 is 2.10 bits per heavy atom. The molecular formula is C18H32BrNS. The summed E-state index contributed by atoms with van der Waals surface area (Å²) in [6, 6.07) is 2.86. The van der Waals surface area contributed by atoms with Crippen LogP contribution in [-0.2, 0) is 0 Å². The van der Waals surface area contributed by atoms with E-state index in [1.165, 1.54) is 78.4 Å². The molecule has 0 aromatic carbocycles. The molecule has 0 radical (unpaired) electrons. The SMILES string of the molecule is CCCCCCCCCCCC(NC)c1cc(C)c(Br)s1. The smallest absolute Gasteiger partial charge is 0.0731 e. The highest BCUT2D eigenvalue weighted by atomic mass is 79.9. The molecule has 122 valence electrons.